The molecule has 8 heteroatoms. The molecule has 1 aromatic carbocycles. The molecule has 2 aromatic rings. The molecule has 0 fully saturated rings. The summed E-state index contributed by atoms with van der Waals surface area (Å²) in [5.74, 6) is -0.0147. The van der Waals surface area contributed by atoms with Gasteiger partial charge in [-0.15, -0.1) is 11.6 Å². The molecule has 108 valence electrons. The highest BCUT2D eigenvalue weighted by Gasteiger charge is 2.35. The summed E-state index contributed by atoms with van der Waals surface area (Å²) < 4.78 is 44.2. The van der Waals surface area contributed by atoms with Gasteiger partial charge in [0, 0.05) is 4.47 Å². The van der Waals surface area contributed by atoms with Crippen molar-refractivity contribution in [2.24, 2.45) is 0 Å². The van der Waals surface area contributed by atoms with Gasteiger partial charge in [-0.3, -0.25) is 0 Å². The van der Waals surface area contributed by atoms with Gasteiger partial charge in [0.05, 0.1) is 16.5 Å². The molecule has 0 spiro atoms. The minimum atomic E-state index is -4.52. The lowest BCUT2D eigenvalue weighted by atomic mass is 10.1. The highest BCUT2D eigenvalue weighted by Crippen LogP contribution is 2.38. The lowest BCUT2D eigenvalue weighted by Gasteiger charge is -2.10. The summed E-state index contributed by atoms with van der Waals surface area (Å²) in [4.78, 5) is 3.93. The largest absolute Gasteiger partial charge is 0.417 e. The zero-order valence-electron chi connectivity index (χ0n) is 10.2. The van der Waals surface area contributed by atoms with E-state index < -0.39 is 17.1 Å². The van der Waals surface area contributed by atoms with Gasteiger partial charge in [-0.1, -0.05) is 28.0 Å². The van der Waals surface area contributed by atoms with Crippen LogP contribution >= 0.6 is 27.5 Å². The van der Waals surface area contributed by atoms with Crippen LogP contribution in [0.2, 0.25) is 0 Å². The fourth-order valence-electron chi connectivity index (χ4n) is 1.59. The SMILES string of the molecule is CCC(Cl)c1noc(-c2ccc(Br)cc2C(F)(F)F)n1. The van der Waals surface area contributed by atoms with Gasteiger partial charge in [-0.05, 0) is 24.6 Å². The van der Waals surface area contributed by atoms with E-state index in [0.717, 1.165) is 6.07 Å². The summed E-state index contributed by atoms with van der Waals surface area (Å²) in [6, 6.07) is 3.73. The van der Waals surface area contributed by atoms with Gasteiger partial charge in [-0.25, -0.2) is 0 Å². The van der Waals surface area contributed by atoms with Crippen molar-refractivity contribution in [3.63, 3.8) is 0 Å². The molecule has 0 radical (unpaired) electrons. The first-order valence-electron chi connectivity index (χ1n) is 5.67. The topological polar surface area (TPSA) is 38.9 Å². The van der Waals surface area contributed by atoms with E-state index in [1.807, 2.05) is 6.92 Å². The zero-order chi connectivity index (χ0) is 14.9. The van der Waals surface area contributed by atoms with E-state index in [1.165, 1.54) is 12.1 Å². The number of benzene rings is 1. The third kappa shape index (κ3) is 3.15. The fourth-order valence-corrected chi connectivity index (χ4v) is 2.04. The quantitative estimate of drug-likeness (QED) is 0.697. The van der Waals surface area contributed by atoms with Crippen LogP contribution < -0.4 is 0 Å². The van der Waals surface area contributed by atoms with Crippen LogP contribution in [0, 0.1) is 0 Å². The first-order valence-corrected chi connectivity index (χ1v) is 6.90. The number of aromatic nitrogens is 2. The third-order valence-corrected chi connectivity index (χ3v) is 3.59. The average Bonchev–Trinajstić information content (AvgIpc) is 2.86. The van der Waals surface area contributed by atoms with Crippen molar-refractivity contribution < 1.29 is 17.7 Å². The van der Waals surface area contributed by atoms with E-state index in [1.54, 1.807) is 0 Å². The van der Waals surface area contributed by atoms with E-state index in [2.05, 4.69) is 26.1 Å². The maximum Gasteiger partial charge on any atom is 0.417 e. The molecule has 0 N–H and O–H groups in total. The highest BCUT2D eigenvalue weighted by molar-refractivity contribution is 9.10. The predicted octanol–water partition coefficient (Wildman–Crippen LogP) is 5.21. The number of hydrogen-bond acceptors (Lipinski definition) is 3. The molecule has 1 unspecified atom stereocenters. The highest BCUT2D eigenvalue weighted by atomic mass is 79.9. The summed E-state index contributed by atoms with van der Waals surface area (Å²) in [7, 11) is 0. The Morgan fingerprint density at radius 3 is 2.70 bits per heavy atom. The Hall–Kier alpha value is -1.08. The van der Waals surface area contributed by atoms with Gasteiger partial charge >= 0.3 is 6.18 Å². The van der Waals surface area contributed by atoms with Crippen LogP contribution in [0.4, 0.5) is 13.2 Å². The first-order chi connectivity index (χ1) is 9.32. The van der Waals surface area contributed by atoms with Crippen molar-refractivity contribution in [3.05, 3.63) is 34.1 Å². The van der Waals surface area contributed by atoms with Gasteiger partial charge in [0.1, 0.15) is 0 Å². The zero-order valence-corrected chi connectivity index (χ0v) is 12.6. The smallest absolute Gasteiger partial charge is 0.334 e. The predicted molar refractivity (Wildman–Crippen MR) is 71.3 cm³/mol. The molecule has 1 heterocycles. The number of nitrogens with zero attached hydrogens (tertiary/aromatic N) is 2. The van der Waals surface area contributed by atoms with E-state index in [9.17, 15) is 13.2 Å². The Labute approximate surface area is 126 Å². The van der Waals surface area contributed by atoms with Crippen molar-refractivity contribution in [2.45, 2.75) is 24.9 Å². The molecule has 0 bridgehead atoms. The number of alkyl halides is 4. The Bertz CT molecular complexity index is 615. The lowest BCUT2D eigenvalue weighted by Crippen LogP contribution is -2.07. The molecule has 20 heavy (non-hydrogen) atoms. The first kappa shape index (κ1) is 15.3. The van der Waals surface area contributed by atoms with Crippen molar-refractivity contribution in [1.82, 2.24) is 10.1 Å². The molecule has 1 aromatic heterocycles. The van der Waals surface area contributed by atoms with Crippen LogP contribution in [0.25, 0.3) is 11.5 Å². The summed E-state index contributed by atoms with van der Waals surface area (Å²) in [5, 5.41) is 3.12. The number of hydrogen-bond donors (Lipinski definition) is 0. The van der Waals surface area contributed by atoms with Crippen LogP contribution in [-0.2, 0) is 6.18 Å². The minimum Gasteiger partial charge on any atom is -0.334 e. The monoisotopic (exact) mass is 368 g/mol. The molecule has 0 amide bonds. The van der Waals surface area contributed by atoms with Crippen LogP contribution in [0.15, 0.2) is 27.2 Å². The Kier molecular flexibility index (Phi) is 4.39. The van der Waals surface area contributed by atoms with Crippen molar-refractivity contribution >= 4 is 27.5 Å². The van der Waals surface area contributed by atoms with Crippen LogP contribution in [0.5, 0.6) is 0 Å². The van der Waals surface area contributed by atoms with Gasteiger partial charge in [0.25, 0.3) is 5.89 Å². The minimum absolute atomic E-state index is 0.167. The fraction of sp³-hybridized carbons (Fsp3) is 0.333. The molecule has 3 nitrogen and oxygen atoms in total. The number of rotatable bonds is 3. The molecule has 0 saturated carbocycles. The Balaban J connectivity index is 2.50. The van der Waals surface area contributed by atoms with E-state index in [0.29, 0.717) is 10.9 Å². The van der Waals surface area contributed by atoms with Crippen molar-refractivity contribution in [3.8, 4) is 11.5 Å². The second-order valence-corrected chi connectivity index (χ2v) is 5.46. The summed E-state index contributed by atoms with van der Waals surface area (Å²) in [6.45, 7) is 1.81. The normalized spacial score (nSPS) is 13.5. The molecule has 0 aliphatic rings. The van der Waals surface area contributed by atoms with Crippen molar-refractivity contribution in [2.75, 3.05) is 0 Å². The van der Waals surface area contributed by atoms with Gasteiger partial charge in [-0.2, -0.15) is 18.2 Å². The van der Waals surface area contributed by atoms with Crippen LogP contribution in [-0.4, -0.2) is 10.1 Å². The van der Waals surface area contributed by atoms with Crippen LogP contribution in [0.3, 0.4) is 0 Å². The maximum atomic E-state index is 13.0. The van der Waals surface area contributed by atoms with E-state index in [4.69, 9.17) is 16.1 Å². The Morgan fingerprint density at radius 2 is 2.10 bits per heavy atom. The van der Waals surface area contributed by atoms with E-state index >= 15 is 0 Å². The number of halogens is 5. The van der Waals surface area contributed by atoms with Crippen molar-refractivity contribution in [1.29, 1.82) is 0 Å². The molecule has 0 aliphatic carbocycles. The lowest BCUT2D eigenvalue weighted by molar-refractivity contribution is -0.137. The third-order valence-electron chi connectivity index (χ3n) is 2.60. The molecule has 1 atom stereocenters. The Morgan fingerprint density at radius 1 is 1.40 bits per heavy atom. The van der Waals surface area contributed by atoms with Gasteiger partial charge < -0.3 is 4.52 Å². The molecule has 0 saturated heterocycles. The van der Waals surface area contributed by atoms with Gasteiger partial charge in [0.15, 0.2) is 5.82 Å². The van der Waals surface area contributed by atoms with Gasteiger partial charge in [0.2, 0.25) is 0 Å². The summed E-state index contributed by atoms with van der Waals surface area (Å²) in [6.07, 6.45) is -3.97. The van der Waals surface area contributed by atoms with Crippen LogP contribution in [0.1, 0.15) is 30.1 Å². The average molecular weight is 370 g/mol. The molecule has 0 aliphatic heterocycles. The second-order valence-electron chi connectivity index (χ2n) is 4.02. The second kappa shape index (κ2) is 5.73. The standard InChI is InChI=1S/C12H9BrClF3N2O/c1-2-9(14)10-18-11(20-19-10)7-4-3-6(13)5-8(7)12(15,16)17/h3-5,9H,2H2,1H3. The summed E-state index contributed by atoms with van der Waals surface area (Å²) in [5.41, 5.74) is -1.01. The summed E-state index contributed by atoms with van der Waals surface area (Å²) >= 11 is 8.94. The van der Waals surface area contributed by atoms with E-state index in [-0.39, 0.29) is 17.3 Å². The molecule has 2 rings (SSSR count). The maximum absolute atomic E-state index is 13.0. The molecular formula is C12H9BrClF3N2O. The molecular weight excluding hydrogens is 360 g/mol.